The number of nitrogens with zero attached hydrogens (tertiary/aromatic N) is 3. The van der Waals surface area contributed by atoms with Gasteiger partial charge in [-0.1, -0.05) is 35.5 Å². The highest BCUT2D eigenvalue weighted by atomic mass is 19.2. The summed E-state index contributed by atoms with van der Waals surface area (Å²) < 4.78 is 35.4. The Hall–Kier alpha value is -2.51. The average molecular weight is 414 g/mol. The summed E-state index contributed by atoms with van der Waals surface area (Å²) in [6.45, 7) is -0.939. The van der Waals surface area contributed by atoms with Gasteiger partial charge in [0.2, 0.25) is 0 Å². The predicted octanol–water partition coefficient (Wildman–Crippen LogP) is -0.985. The number of hydrogen-bond acceptors (Lipinski definition) is 8. The van der Waals surface area contributed by atoms with Crippen LogP contribution in [0, 0.1) is 0 Å². The first-order valence-corrected chi connectivity index (χ1v) is 8.64. The van der Waals surface area contributed by atoms with E-state index >= 15 is 0 Å². The molecule has 158 valence electrons. The zero-order valence-corrected chi connectivity index (χ0v) is 14.9. The van der Waals surface area contributed by atoms with Crippen molar-refractivity contribution >= 4 is 5.97 Å². The fraction of sp³-hybridized carbons (Fsp3) is 0.471. The van der Waals surface area contributed by atoms with Crippen molar-refractivity contribution in [2.24, 2.45) is 5.73 Å². The highest BCUT2D eigenvalue weighted by Crippen LogP contribution is 2.40. The average Bonchev–Trinajstić information content (AvgIpc) is 3.20. The lowest BCUT2D eigenvalue weighted by Gasteiger charge is -2.45. The Morgan fingerprint density at radius 3 is 2.59 bits per heavy atom. The third-order valence-electron chi connectivity index (χ3n) is 4.83. The second-order valence-corrected chi connectivity index (χ2v) is 6.69. The highest BCUT2D eigenvalue weighted by molar-refractivity contribution is 5.76. The fourth-order valence-electron chi connectivity index (χ4n) is 3.22. The van der Waals surface area contributed by atoms with Gasteiger partial charge in [-0.3, -0.25) is 0 Å². The van der Waals surface area contributed by atoms with Crippen LogP contribution in [0.3, 0.4) is 0 Å². The van der Waals surface area contributed by atoms with Crippen molar-refractivity contribution in [3.05, 3.63) is 36.5 Å². The molecule has 0 radical (unpaired) electrons. The Labute approximate surface area is 163 Å². The first-order valence-electron chi connectivity index (χ1n) is 8.64. The third kappa shape index (κ3) is 3.72. The van der Waals surface area contributed by atoms with Crippen LogP contribution in [0.15, 0.2) is 36.5 Å². The zero-order valence-electron chi connectivity index (χ0n) is 14.9. The molecule has 6 N–H and O–H groups in total. The number of aliphatic hydroxyl groups excluding tert-OH is 3. The number of rotatable bonds is 6. The largest absolute Gasteiger partial charge is 0.477 e. The number of aliphatic hydroxyl groups is 3. The van der Waals surface area contributed by atoms with Crippen molar-refractivity contribution in [2.45, 2.75) is 42.4 Å². The lowest BCUT2D eigenvalue weighted by molar-refractivity contribution is -0.281. The normalized spacial score (nSPS) is 31.9. The molecule has 2 heterocycles. The fourth-order valence-corrected chi connectivity index (χ4v) is 3.22. The monoisotopic (exact) mass is 414 g/mol. The minimum Gasteiger partial charge on any atom is -0.477 e. The molecule has 1 saturated heterocycles. The number of carbonyl (C=O) groups is 1. The van der Waals surface area contributed by atoms with Crippen molar-refractivity contribution in [3.63, 3.8) is 0 Å². The van der Waals surface area contributed by atoms with Gasteiger partial charge in [-0.25, -0.2) is 13.9 Å². The van der Waals surface area contributed by atoms with Gasteiger partial charge in [0.15, 0.2) is 6.17 Å². The Morgan fingerprint density at radius 2 is 2.00 bits per heavy atom. The molecule has 0 bridgehead atoms. The maximum atomic E-state index is 15.0. The van der Waals surface area contributed by atoms with Gasteiger partial charge < -0.3 is 30.9 Å². The SMILES string of the molecule is N[C@H]1[C@H]([C@H](O)[C@H](O)CO)OC(F)(C(=O)O)C(F)[C@@H]1n1cc(-c2ccccc2)nn1. The number of nitrogens with two attached hydrogens (primary N) is 1. The standard InChI is InChI=1S/C17H20F2N4O6/c18-15-12(23-6-9(21-22-23)8-4-2-1-3-5-8)11(20)14(13(26)10(25)7-24)29-17(15,19)16(27)28/h1-6,10-15,24-26H,7,20H2,(H,27,28)/t10-,11-,12-,13-,14-,15?,17?/m1/s1. The van der Waals surface area contributed by atoms with Gasteiger partial charge in [0.05, 0.1) is 18.8 Å². The number of ether oxygens (including phenoxy) is 1. The molecule has 12 heteroatoms. The van der Waals surface area contributed by atoms with Crippen molar-refractivity contribution in [1.29, 1.82) is 0 Å². The number of carboxylic acids is 1. The van der Waals surface area contributed by atoms with Crippen LogP contribution in [0.2, 0.25) is 0 Å². The number of benzene rings is 1. The van der Waals surface area contributed by atoms with E-state index in [1.807, 2.05) is 0 Å². The molecule has 1 fully saturated rings. The molecule has 7 atom stereocenters. The Balaban J connectivity index is 2.01. The molecule has 10 nitrogen and oxygen atoms in total. The summed E-state index contributed by atoms with van der Waals surface area (Å²) in [6.07, 6.45) is -7.23. The lowest BCUT2D eigenvalue weighted by Crippen LogP contribution is -2.67. The van der Waals surface area contributed by atoms with E-state index in [-0.39, 0.29) is 0 Å². The van der Waals surface area contributed by atoms with Crippen molar-refractivity contribution in [1.82, 2.24) is 15.0 Å². The first-order chi connectivity index (χ1) is 13.7. The number of alkyl halides is 2. The van der Waals surface area contributed by atoms with Gasteiger partial charge in [0, 0.05) is 5.56 Å². The van der Waals surface area contributed by atoms with Gasteiger partial charge >= 0.3 is 11.8 Å². The molecule has 0 spiro atoms. The maximum absolute atomic E-state index is 15.0. The van der Waals surface area contributed by atoms with Crippen LogP contribution in [-0.2, 0) is 9.53 Å². The first kappa shape index (κ1) is 21.2. The van der Waals surface area contributed by atoms with E-state index in [1.54, 1.807) is 30.3 Å². The molecule has 1 aliphatic rings. The van der Waals surface area contributed by atoms with Crippen LogP contribution < -0.4 is 5.73 Å². The smallest absolute Gasteiger partial charge is 0.372 e. The van der Waals surface area contributed by atoms with Gasteiger partial charge in [-0.2, -0.15) is 4.39 Å². The van der Waals surface area contributed by atoms with E-state index in [0.717, 1.165) is 4.68 Å². The molecule has 3 rings (SSSR count). The highest BCUT2D eigenvalue weighted by Gasteiger charge is 2.63. The van der Waals surface area contributed by atoms with Gasteiger partial charge in [0.25, 0.3) is 0 Å². The van der Waals surface area contributed by atoms with Gasteiger partial charge in [-0.15, -0.1) is 5.10 Å². The van der Waals surface area contributed by atoms with Crippen LogP contribution >= 0.6 is 0 Å². The Bertz CT molecular complexity index is 855. The van der Waals surface area contributed by atoms with Gasteiger partial charge in [-0.05, 0) is 0 Å². The summed E-state index contributed by atoms with van der Waals surface area (Å²) in [5.74, 6) is -6.15. The van der Waals surface area contributed by atoms with Crippen molar-refractivity contribution in [3.8, 4) is 11.3 Å². The Kier molecular flexibility index (Phi) is 5.91. The van der Waals surface area contributed by atoms with E-state index in [1.165, 1.54) is 6.20 Å². The molecule has 1 aromatic carbocycles. The summed E-state index contributed by atoms with van der Waals surface area (Å²) in [6, 6.07) is 5.36. The third-order valence-corrected chi connectivity index (χ3v) is 4.83. The van der Waals surface area contributed by atoms with Crippen LogP contribution in [-0.4, -0.2) is 84.4 Å². The molecular formula is C17H20F2N4O6. The summed E-state index contributed by atoms with van der Waals surface area (Å²) in [5.41, 5.74) is 6.85. The number of hydrogen-bond donors (Lipinski definition) is 5. The van der Waals surface area contributed by atoms with Crippen LogP contribution in [0.5, 0.6) is 0 Å². The number of carboxylic acid groups (broad SMARTS) is 1. The second kappa shape index (κ2) is 8.08. The molecule has 1 aromatic heterocycles. The maximum Gasteiger partial charge on any atom is 0.372 e. The molecule has 2 unspecified atom stereocenters. The molecule has 1 aliphatic heterocycles. The van der Waals surface area contributed by atoms with Crippen LogP contribution in [0.1, 0.15) is 6.04 Å². The lowest BCUT2D eigenvalue weighted by atomic mass is 9.86. The van der Waals surface area contributed by atoms with E-state index in [0.29, 0.717) is 11.3 Å². The summed E-state index contributed by atoms with van der Waals surface area (Å²) in [7, 11) is 0. The molecule has 0 saturated carbocycles. The van der Waals surface area contributed by atoms with E-state index in [4.69, 9.17) is 10.8 Å². The topological polar surface area (TPSA) is 164 Å². The second-order valence-electron chi connectivity index (χ2n) is 6.69. The number of aliphatic carboxylic acids is 1. The minimum atomic E-state index is -3.87. The number of halogens is 2. The van der Waals surface area contributed by atoms with Crippen LogP contribution in [0.4, 0.5) is 8.78 Å². The summed E-state index contributed by atoms with van der Waals surface area (Å²) >= 11 is 0. The van der Waals surface area contributed by atoms with E-state index in [9.17, 15) is 28.9 Å². The number of aromatic nitrogens is 3. The van der Waals surface area contributed by atoms with Crippen molar-refractivity contribution < 1.29 is 38.7 Å². The van der Waals surface area contributed by atoms with E-state index < -0.39 is 55.0 Å². The quantitative estimate of drug-likeness (QED) is 0.399. The molecule has 0 amide bonds. The van der Waals surface area contributed by atoms with E-state index in [2.05, 4.69) is 15.0 Å². The van der Waals surface area contributed by atoms with Crippen molar-refractivity contribution in [2.75, 3.05) is 6.61 Å². The zero-order chi connectivity index (χ0) is 21.3. The molecule has 2 aromatic rings. The van der Waals surface area contributed by atoms with Crippen LogP contribution in [0.25, 0.3) is 11.3 Å². The Morgan fingerprint density at radius 1 is 1.34 bits per heavy atom. The summed E-state index contributed by atoms with van der Waals surface area (Å²) in [5, 5.41) is 45.6. The molecule has 29 heavy (non-hydrogen) atoms. The summed E-state index contributed by atoms with van der Waals surface area (Å²) in [4.78, 5) is 11.4. The molecular weight excluding hydrogens is 394 g/mol. The molecule has 0 aliphatic carbocycles. The van der Waals surface area contributed by atoms with Gasteiger partial charge in [0.1, 0.15) is 30.0 Å². The minimum absolute atomic E-state index is 0.295. The predicted molar refractivity (Wildman–Crippen MR) is 92.8 cm³/mol.